The Bertz CT molecular complexity index is 1890. The van der Waals surface area contributed by atoms with Gasteiger partial charge in [-0.2, -0.15) is 4.98 Å². The molecule has 2 aliphatic carbocycles. The normalized spacial score (nSPS) is 18.6. The lowest BCUT2D eigenvalue weighted by molar-refractivity contribution is 0.0524. The van der Waals surface area contributed by atoms with Crippen LogP contribution >= 0.6 is 0 Å². The van der Waals surface area contributed by atoms with E-state index in [1.807, 2.05) is 18.2 Å². The predicted octanol–water partition coefficient (Wildman–Crippen LogP) is 4.50. The van der Waals surface area contributed by atoms with Gasteiger partial charge >= 0.3 is 5.97 Å². The zero-order valence-corrected chi connectivity index (χ0v) is 25.1. The maximum atomic E-state index is 13.4. The lowest BCUT2D eigenvalue weighted by Gasteiger charge is -2.27. The van der Waals surface area contributed by atoms with E-state index in [0.717, 1.165) is 35.0 Å². The molecule has 10 heteroatoms. The second-order valence-electron chi connectivity index (χ2n) is 11.4. The minimum absolute atomic E-state index is 0.0711. The molecule has 0 saturated heterocycles. The summed E-state index contributed by atoms with van der Waals surface area (Å²) in [6.45, 7) is 1.94. The number of rotatable bonds is 7. The first kappa shape index (κ1) is 29.1. The Morgan fingerprint density at radius 2 is 1.93 bits per heavy atom. The van der Waals surface area contributed by atoms with Crippen LogP contribution in [0, 0.1) is 23.7 Å². The Hall–Kier alpha value is -5.04. The number of methoxy groups -OCH3 is 2. The van der Waals surface area contributed by atoms with Gasteiger partial charge in [0.05, 0.1) is 31.9 Å². The van der Waals surface area contributed by atoms with Crippen LogP contribution < -0.4 is 26.4 Å². The minimum Gasteiger partial charge on any atom is -0.493 e. The number of ether oxygens (including phenoxy) is 3. The highest BCUT2D eigenvalue weighted by atomic mass is 16.5. The topological polar surface area (TPSA) is 145 Å². The van der Waals surface area contributed by atoms with E-state index in [4.69, 9.17) is 25.7 Å². The number of pyridine rings is 1. The summed E-state index contributed by atoms with van der Waals surface area (Å²) < 4.78 is 18.7. The summed E-state index contributed by atoms with van der Waals surface area (Å²) in [5.41, 5.74) is 15.2. The van der Waals surface area contributed by atoms with Crippen LogP contribution in [-0.2, 0) is 11.2 Å². The van der Waals surface area contributed by atoms with Crippen LogP contribution in [0.5, 0.6) is 11.5 Å². The van der Waals surface area contributed by atoms with Gasteiger partial charge in [-0.05, 0) is 73.9 Å². The lowest BCUT2D eigenvalue weighted by atomic mass is 9.94. The first-order valence-corrected chi connectivity index (χ1v) is 14.8. The van der Waals surface area contributed by atoms with Gasteiger partial charge in [0.25, 0.3) is 0 Å². The summed E-state index contributed by atoms with van der Waals surface area (Å²) in [6.07, 6.45) is 8.36. The van der Waals surface area contributed by atoms with Crippen LogP contribution in [-0.4, -0.2) is 41.3 Å². The molecule has 3 atom stereocenters. The number of esters is 1. The highest BCUT2D eigenvalue weighted by molar-refractivity contribution is 5.94. The number of carbonyl (C=O) groups is 1. The van der Waals surface area contributed by atoms with Crippen LogP contribution in [0.2, 0.25) is 0 Å². The third-order valence-electron chi connectivity index (χ3n) is 8.78. The summed E-state index contributed by atoms with van der Waals surface area (Å²) in [7, 11) is 3.14. The number of aromatic nitrogens is 3. The zero-order valence-electron chi connectivity index (χ0n) is 25.1. The molecule has 2 aromatic carbocycles. The average molecular weight is 594 g/mol. The number of benzene rings is 2. The third-order valence-corrected chi connectivity index (χ3v) is 8.78. The van der Waals surface area contributed by atoms with Crippen molar-refractivity contribution in [1.29, 1.82) is 0 Å². The molecule has 0 spiro atoms. The quantitative estimate of drug-likeness (QED) is 0.234. The summed E-state index contributed by atoms with van der Waals surface area (Å²) in [5, 5.41) is 0.480. The van der Waals surface area contributed by atoms with E-state index in [1.54, 1.807) is 45.7 Å². The fraction of sp³-hybridized carbons (Fsp3) is 0.353. The summed E-state index contributed by atoms with van der Waals surface area (Å²) in [4.78, 5) is 34.3. The molecule has 6 rings (SSSR count). The van der Waals surface area contributed by atoms with Crippen LogP contribution in [0.25, 0.3) is 10.9 Å². The average Bonchev–Trinajstić information content (AvgIpc) is 3.65. The molecule has 2 saturated carbocycles. The number of hydrogen-bond acceptors (Lipinski definition) is 9. The van der Waals surface area contributed by atoms with E-state index in [0.29, 0.717) is 46.5 Å². The molecule has 4 N–H and O–H groups in total. The van der Waals surface area contributed by atoms with Crippen molar-refractivity contribution >= 4 is 28.6 Å². The summed E-state index contributed by atoms with van der Waals surface area (Å²) in [5.74, 6) is 8.57. The van der Waals surface area contributed by atoms with Gasteiger partial charge in [0.1, 0.15) is 11.4 Å². The molecule has 0 amide bonds. The number of nitrogen functional groups attached to an aromatic ring is 2. The van der Waals surface area contributed by atoms with Crippen LogP contribution in [0.4, 0.5) is 11.8 Å². The van der Waals surface area contributed by atoms with Gasteiger partial charge in [-0.1, -0.05) is 18.3 Å². The van der Waals surface area contributed by atoms with Crippen molar-refractivity contribution in [1.82, 2.24) is 14.5 Å². The molecular formula is C34H35N5O5. The second-order valence-corrected chi connectivity index (χ2v) is 11.4. The molecule has 2 bridgehead atoms. The Morgan fingerprint density at radius 3 is 2.61 bits per heavy atom. The van der Waals surface area contributed by atoms with Gasteiger partial charge in [0.2, 0.25) is 11.4 Å². The van der Waals surface area contributed by atoms with Crippen LogP contribution in [0.1, 0.15) is 71.3 Å². The van der Waals surface area contributed by atoms with Gasteiger partial charge in [0, 0.05) is 41.4 Å². The van der Waals surface area contributed by atoms with E-state index >= 15 is 0 Å². The molecule has 2 heterocycles. The van der Waals surface area contributed by atoms with E-state index < -0.39 is 5.97 Å². The van der Waals surface area contributed by atoms with Crippen molar-refractivity contribution in [3.05, 3.63) is 80.8 Å². The van der Waals surface area contributed by atoms with Crippen molar-refractivity contribution < 1.29 is 19.0 Å². The van der Waals surface area contributed by atoms with E-state index in [2.05, 4.69) is 26.4 Å². The van der Waals surface area contributed by atoms with Gasteiger partial charge in [-0.15, -0.1) is 0 Å². The monoisotopic (exact) mass is 593 g/mol. The predicted molar refractivity (Wildman–Crippen MR) is 168 cm³/mol. The number of nitrogens with two attached hydrogens (primary N) is 2. The van der Waals surface area contributed by atoms with Crippen molar-refractivity contribution in [2.24, 2.45) is 11.8 Å². The maximum Gasteiger partial charge on any atom is 0.343 e. The molecule has 4 aromatic rings. The molecule has 2 aromatic heterocycles. The SMILES string of the molecule is CCOC(=O)c1cn(C2CC3CCC2C3)c2cc(C#Cc3cc(Cc4cnc(N)nc4N)cc(OC)c3OC)ccc2c1=O. The molecule has 0 radical (unpaired) electrons. The zero-order chi connectivity index (χ0) is 31.0. The number of carbonyl (C=O) groups excluding carboxylic acids is 1. The number of anilines is 2. The first-order valence-electron chi connectivity index (χ1n) is 14.8. The maximum absolute atomic E-state index is 13.4. The minimum atomic E-state index is -0.589. The Kier molecular flexibility index (Phi) is 7.87. The van der Waals surface area contributed by atoms with Crippen LogP contribution in [0.15, 0.2) is 47.5 Å². The van der Waals surface area contributed by atoms with Gasteiger partial charge < -0.3 is 30.2 Å². The van der Waals surface area contributed by atoms with Crippen molar-refractivity contribution in [2.45, 2.75) is 45.1 Å². The molecule has 44 heavy (non-hydrogen) atoms. The Balaban J connectivity index is 1.43. The highest BCUT2D eigenvalue weighted by Gasteiger charge is 2.41. The third kappa shape index (κ3) is 5.41. The van der Waals surface area contributed by atoms with Gasteiger partial charge in [-0.25, -0.2) is 9.78 Å². The molecule has 2 aliphatic rings. The van der Waals surface area contributed by atoms with Gasteiger partial charge in [0.15, 0.2) is 11.5 Å². The summed E-state index contributed by atoms with van der Waals surface area (Å²) >= 11 is 0. The van der Waals surface area contributed by atoms with E-state index in [1.165, 1.54) is 12.8 Å². The Morgan fingerprint density at radius 1 is 1.09 bits per heavy atom. The first-order chi connectivity index (χ1) is 21.3. The largest absolute Gasteiger partial charge is 0.493 e. The van der Waals surface area contributed by atoms with Crippen molar-refractivity contribution in [3.8, 4) is 23.3 Å². The second kappa shape index (κ2) is 11.9. The van der Waals surface area contributed by atoms with Gasteiger partial charge in [-0.3, -0.25) is 4.79 Å². The number of fused-ring (bicyclic) bond motifs is 3. The van der Waals surface area contributed by atoms with E-state index in [9.17, 15) is 9.59 Å². The number of nitrogens with zero attached hydrogens (tertiary/aromatic N) is 3. The smallest absolute Gasteiger partial charge is 0.343 e. The molecule has 0 aliphatic heterocycles. The molecule has 3 unspecified atom stereocenters. The van der Waals surface area contributed by atoms with Crippen molar-refractivity contribution in [2.75, 3.05) is 32.3 Å². The van der Waals surface area contributed by atoms with E-state index in [-0.39, 0.29) is 29.6 Å². The molecule has 226 valence electrons. The Labute approximate surface area is 255 Å². The number of hydrogen-bond donors (Lipinski definition) is 2. The molecule has 10 nitrogen and oxygen atoms in total. The molecule has 2 fully saturated rings. The molecular weight excluding hydrogens is 558 g/mol. The summed E-state index contributed by atoms with van der Waals surface area (Å²) in [6, 6.07) is 9.50. The fourth-order valence-electron chi connectivity index (χ4n) is 6.75. The highest BCUT2D eigenvalue weighted by Crippen LogP contribution is 2.51. The van der Waals surface area contributed by atoms with Crippen LogP contribution in [0.3, 0.4) is 0 Å². The lowest BCUT2D eigenvalue weighted by Crippen LogP contribution is -2.24. The fourth-order valence-corrected chi connectivity index (χ4v) is 6.75. The van der Waals surface area contributed by atoms with Crippen molar-refractivity contribution in [3.63, 3.8) is 0 Å². The standard InChI is InChI=1S/C34H35N5O5/c1-4-44-33(41)26-18-39(27-15-20-6-8-22(27)11-20)28-14-19(7-10-25(28)30(26)40)5-9-23-12-21(16-29(42-2)31(23)43-3)13-24-17-37-34(36)38-32(24)35/h7,10,12,14,16-18,20,22,27H,4,6,8,11,13,15H2,1-3H3,(H4,35,36,37,38).